The number of nitro groups is 1. The molecule has 1 saturated heterocycles. The highest BCUT2D eigenvalue weighted by molar-refractivity contribution is 6.05. The van der Waals surface area contributed by atoms with Gasteiger partial charge in [-0.3, -0.25) is 14.9 Å². The summed E-state index contributed by atoms with van der Waals surface area (Å²) >= 11 is 0. The molecule has 0 unspecified atom stereocenters. The number of methoxy groups -OCH3 is 1. The Morgan fingerprint density at radius 2 is 1.63 bits per heavy atom. The molecule has 2 atom stereocenters. The quantitative estimate of drug-likeness (QED) is 0.462. The molecule has 6 heteroatoms. The van der Waals surface area contributed by atoms with Crippen LogP contribution in [0.1, 0.15) is 11.6 Å². The summed E-state index contributed by atoms with van der Waals surface area (Å²) in [4.78, 5) is 25.2. The molecule has 1 saturated carbocycles. The Morgan fingerprint density at radius 3 is 2.19 bits per heavy atom. The lowest BCUT2D eigenvalue weighted by Crippen LogP contribution is -2.57. The van der Waals surface area contributed by atoms with E-state index in [1.807, 2.05) is 49.9 Å². The molecule has 1 aliphatic heterocycles. The summed E-state index contributed by atoms with van der Waals surface area (Å²) in [6.45, 7) is 0. The van der Waals surface area contributed by atoms with Crippen molar-refractivity contribution in [1.82, 2.24) is 0 Å². The van der Waals surface area contributed by atoms with Gasteiger partial charge in [0.25, 0.3) is 5.69 Å². The highest BCUT2D eigenvalue weighted by Crippen LogP contribution is 2.51. The van der Waals surface area contributed by atoms with E-state index >= 15 is 0 Å². The van der Waals surface area contributed by atoms with Gasteiger partial charge in [0.1, 0.15) is 5.75 Å². The molecule has 5 radical (unpaired) electrons. The zero-order valence-corrected chi connectivity index (χ0v) is 14.6. The number of amides is 1. The van der Waals surface area contributed by atoms with Crippen molar-refractivity contribution in [3.05, 3.63) is 95.8 Å². The summed E-state index contributed by atoms with van der Waals surface area (Å²) in [6.07, 6.45) is 7.69. The summed E-state index contributed by atoms with van der Waals surface area (Å²) in [5, 5.41) is 10.9. The lowest BCUT2D eigenvalue weighted by atomic mass is 9.73. The Balaban J connectivity index is 1.68. The van der Waals surface area contributed by atoms with E-state index in [1.165, 1.54) is 12.1 Å². The first-order valence-corrected chi connectivity index (χ1v) is 8.53. The number of hydrogen-bond donors (Lipinski definition) is 0. The van der Waals surface area contributed by atoms with Crippen LogP contribution in [0.4, 0.5) is 11.4 Å². The molecule has 0 bridgehead atoms. The number of non-ortho nitro benzene ring substituents is 1. The smallest absolute Gasteiger partial charge is 0.269 e. The number of carbonyl (C=O) groups excluding carboxylic acids is 1. The van der Waals surface area contributed by atoms with Gasteiger partial charge in [-0.1, -0.05) is 12.1 Å². The Kier molecular flexibility index (Phi) is 4.56. The monoisotopic (exact) mass is 361 g/mol. The third-order valence-electron chi connectivity index (χ3n) is 4.94. The van der Waals surface area contributed by atoms with E-state index < -0.39 is 4.92 Å². The van der Waals surface area contributed by atoms with Crippen molar-refractivity contribution in [2.45, 2.75) is 6.04 Å². The molecule has 2 aliphatic rings. The third-order valence-corrected chi connectivity index (χ3v) is 4.94. The maximum Gasteiger partial charge on any atom is 0.269 e. The van der Waals surface area contributed by atoms with Crippen LogP contribution in [0.3, 0.4) is 0 Å². The van der Waals surface area contributed by atoms with Crippen LogP contribution in [0.5, 0.6) is 5.75 Å². The molecule has 1 amide bonds. The Morgan fingerprint density at radius 1 is 1.00 bits per heavy atom. The number of nitrogens with zero attached hydrogens (tertiary/aromatic N) is 2. The number of β-lactam (4-membered cyclic amide) rings is 1. The van der Waals surface area contributed by atoms with E-state index in [-0.39, 0.29) is 23.6 Å². The number of rotatable bonds is 5. The highest BCUT2D eigenvalue weighted by atomic mass is 16.6. The molecule has 1 heterocycles. The second-order valence-electron chi connectivity index (χ2n) is 6.40. The number of ether oxygens (including phenoxy) is 1. The predicted molar refractivity (Wildman–Crippen MR) is 100 cm³/mol. The van der Waals surface area contributed by atoms with Crippen LogP contribution in [0.25, 0.3) is 0 Å². The number of carbonyl (C=O) groups is 1. The van der Waals surface area contributed by atoms with Gasteiger partial charge < -0.3 is 9.64 Å². The van der Waals surface area contributed by atoms with E-state index in [0.29, 0.717) is 5.75 Å². The molecule has 4 rings (SSSR count). The maximum absolute atomic E-state index is 13.0. The fraction of sp³-hybridized carbons (Fsp3) is 0.143. The second kappa shape index (κ2) is 7.02. The second-order valence-corrected chi connectivity index (χ2v) is 6.40. The zero-order valence-electron chi connectivity index (χ0n) is 14.6. The molecule has 27 heavy (non-hydrogen) atoms. The minimum absolute atomic E-state index is 0.00900. The van der Waals surface area contributed by atoms with Crippen LogP contribution >= 0.6 is 0 Å². The summed E-state index contributed by atoms with van der Waals surface area (Å²) in [6, 6.07) is 13.5. The first-order chi connectivity index (χ1) is 13.1. The Labute approximate surface area is 157 Å². The molecule has 135 valence electrons. The van der Waals surface area contributed by atoms with Gasteiger partial charge in [-0.25, -0.2) is 0 Å². The zero-order chi connectivity index (χ0) is 19.0. The van der Waals surface area contributed by atoms with Gasteiger partial charge >= 0.3 is 0 Å². The van der Waals surface area contributed by atoms with E-state index in [1.54, 1.807) is 24.1 Å². The standard InChI is InChI=1S/C21H17N2O4/c1-27-18-12-10-16(11-13-18)22-20(15-6-8-17(9-7-15)23(25)26)19(21(22)24)14-4-2-3-5-14/h2-13,19-20H,1H3/t19-,20+/m1/s1. The normalized spacial score (nSPS) is 22.6. The van der Waals surface area contributed by atoms with Crippen LogP contribution in [-0.2, 0) is 4.79 Å². The van der Waals surface area contributed by atoms with Gasteiger partial charge in [0.05, 0.1) is 24.0 Å². The highest BCUT2D eigenvalue weighted by Gasteiger charge is 2.53. The van der Waals surface area contributed by atoms with Gasteiger partial charge in [0.15, 0.2) is 0 Å². The van der Waals surface area contributed by atoms with E-state index in [2.05, 4.69) is 0 Å². The lowest BCUT2D eigenvalue weighted by Gasteiger charge is -2.49. The molecular formula is C21H17N2O4. The van der Waals surface area contributed by atoms with E-state index in [4.69, 9.17) is 4.74 Å². The molecule has 2 aromatic carbocycles. The van der Waals surface area contributed by atoms with Gasteiger partial charge in [0, 0.05) is 17.8 Å². The van der Waals surface area contributed by atoms with Crippen molar-refractivity contribution in [3.63, 3.8) is 0 Å². The van der Waals surface area contributed by atoms with E-state index in [0.717, 1.165) is 17.2 Å². The average molecular weight is 361 g/mol. The number of anilines is 1. The molecule has 0 aromatic heterocycles. The molecule has 0 spiro atoms. The van der Waals surface area contributed by atoms with Gasteiger partial charge in [-0.05, 0) is 61.4 Å². The van der Waals surface area contributed by atoms with Crippen molar-refractivity contribution in [1.29, 1.82) is 0 Å². The van der Waals surface area contributed by atoms with Crippen LogP contribution < -0.4 is 9.64 Å². The number of hydrogen-bond acceptors (Lipinski definition) is 4. The van der Waals surface area contributed by atoms with Crippen molar-refractivity contribution in [2.24, 2.45) is 5.92 Å². The van der Waals surface area contributed by atoms with Crippen LogP contribution in [-0.4, -0.2) is 17.9 Å². The fourth-order valence-corrected chi connectivity index (χ4v) is 3.58. The number of nitro benzene ring substituents is 1. The summed E-state index contributed by atoms with van der Waals surface area (Å²) < 4.78 is 5.19. The van der Waals surface area contributed by atoms with Crippen LogP contribution in [0.2, 0.25) is 0 Å². The molecule has 2 aromatic rings. The summed E-state index contributed by atoms with van der Waals surface area (Å²) in [5.74, 6) is 1.37. The largest absolute Gasteiger partial charge is 0.497 e. The molecular weight excluding hydrogens is 344 g/mol. The first kappa shape index (κ1) is 17.5. The molecule has 1 aliphatic carbocycles. The minimum Gasteiger partial charge on any atom is -0.497 e. The predicted octanol–water partition coefficient (Wildman–Crippen LogP) is 3.71. The van der Waals surface area contributed by atoms with Crippen molar-refractivity contribution in [3.8, 4) is 5.75 Å². The van der Waals surface area contributed by atoms with Crippen LogP contribution in [0.15, 0.2) is 48.5 Å². The summed E-state index contributed by atoms with van der Waals surface area (Å²) in [5.41, 5.74) is 1.67. The van der Waals surface area contributed by atoms with Crippen molar-refractivity contribution in [2.75, 3.05) is 12.0 Å². The van der Waals surface area contributed by atoms with Crippen molar-refractivity contribution >= 4 is 17.3 Å². The lowest BCUT2D eigenvalue weighted by molar-refractivity contribution is -0.384. The van der Waals surface area contributed by atoms with E-state index in [9.17, 15) is 14.9 Å². The number of benzene rings is 2. The molecule has 6 nitrogen and oxygen atoms in total. The van der Waals surface area contributed by atoms with Gasteiger partial charge in [0.2, 0.25) is 5.91 Å². The van der Waals surface area contributed by atoms with Crippen LogP contribution in [0, 0.1) is 47.6 Å². The SMILES string of the molecule is COc1ccc(N2C(=O)[C@H]([C]3[CH][CH][CH][CH]3)[C@@H]2c2ccc([N+](=O)[O-])cc2)cc1. The topological polar surface area (TPSA) is 72.7 Å². The Hall–Kier alpha value is -2.89. The van der Waals surface area contributed by atoms with Gasteiger partial charge in [-0.2, -0.15) is 0 Å². The van der Waals surface area contributed by atoms with Gasteiger partial charge in [-0.15, -0.1) is 0 Å². The third kappa shape index (κ3) is 3.05. The first-order valence-electron chi connectivity index (χ1n) is 8.53. The fourth-order valence-electron chi connectivity index (χ4n) is 3.58. The molecule has 2 fully saturated rings. The molecule has 0 N–H and O–H groups in total. The average Bonchev–Trinajstić information content (AvgIpc) is 3.20. The minimum atomic E-state index is -0.425. The summed E-state index contributed by atoms with van der Waals surface area (Å²) in [7, 11) is 1.59. The van der Waals surface area contributed by atoms with Crippen molar-refractivity contribution < 1.29 is 14.5 Å². The maximum atomic E-state index is 13.0. The Bertz CT molecular complexity index is 841.